The first-order valence-corrected chi connectivity index (χ1v) is 9.68. The summed E-state index contributed by atoms with van der Waals surface area (Å²) in [5.74, 6) is 0.904. The van der Waals surface area contributed by atoms with Gasteiger partial charge in [-0.25, -0.2) is 4.79 Å². The monoisotopic (exact) mass is 365 g/mol. The fourth-order valence-electron chi connectivity index (χ4n) is 4.07. The van der Waals surface area contributed by atoms with Gasteiger partial charge in [-0.1, -0.05) is 48.5 Å². The smallest absolute Gasteiger partial charge is 0.315 e. The number of ether oxygens (including phenoxy) is 1. The van der Waals surface area contributed by atoms with Gasteiger partial charge in [-0.05, 0) is 31.5 Å². The van der Waals surface area contributed by atoms with Crippen molar-refractivity contribution in [2.45, 2.75) is 37.5 Å². The van der Waals surface area contributed by atoms with E-state index in [-0.39, 0.29) is 17.7 Å². The van der Waals surface area contributed by atoms with Gasteiger partial charge in [0.05, 0.1) is 6.04 Å². The maximum absolute atomic E-state index is 12.5. The molecule has 1 saturated heterocycles. The second-order valence-corrected chi connectivity index (χ2v) is 7.70. The first-order chi connectivity index (χ1) is 13.1. The number of para-hydroxylation sites is 1. The number of nitrogens with zero attached hydrogens (tertiary/aromatic N) is 1. The van der Waals surface area contributed by atoms with E-state index in [0.29, 0.717) is 6.54 Å². The zero-order valence-electron chi connectivity index (χ0n) is 15.8. The molecule has 0 aromatic heterocycles. The number of piperidine rings is 1. The van der Waals surface area contributed by atoms with Gasteiger partial charge in [-0.3, -0.25) is 0 Å². The van der Waals surface area contributed by atoms with E-state index in [1.165, 1.54) is 0 Å². The van der Waals surface area contributed by atoms with Crippen LogP contribution in [0, 0.1) is 0 Å². The summed E-state index contributed by atoms with van der Waals surface area (Å²) in [7, 11) is 2.15. The van der Waals surface area contributed by atoms with Crippen molar-refractivity contribution in [2.75, 3.05) is 20.1 Å². The normalized spacial score (nSPS) is 21.1. The van der Waals surface area contributed by atoms with Crippen molar-refractivity contribution in [3.63, 3.8) is 0 Å². The van der Waals surface area contributed by atoms with E-state index in [9.17, 15) is 4.79 Å². The van der Waals surface area contributed by atoms with Gasteiger partial charge in [-0.15, -0.1) is 0 Å². The molecular formula is C22H27N3O2. The standard InChI is InChI=1S/C22H27N3O2/c1-25-13-11-22(12-14-25)15-19(18-9-5-6-10-20(18)27-22)24-21(26)23-16-17-7-3-2-4-8-17/h2-10,19H,11-16H2,1H3,(H2,23,24,26). The molecule has 2 N–H and O–H groups in total. The highest BCUT2D eigenvalue weighted by Gasteiger charge is 2.43. The second kappa shape index (κ2) is 7.61. The van der Waals surface area contributed by atoms with Crippen molar-refractivity contribution < 1.29 is 9.53 Å². The van der Waals surface area contributed by atoms with Gasteiger partial charge in [0, 0.05) is 31.6 Å². The minimum atomic E-state index is -0.182. The molecular weight excluding hydrogens is 338 g/mol. The van der Waals surface area contributed by atoms with Crippen LogP contribution in [0.2, 0.25) is 0 Å². The van der Waals surface area contributed by atoms with E-state index in [1.807, 2.05) is 48.5 Å². The van der Waals surface area contributed by atoms with Gasteiger partial charge in [0.25, 0.3) is 0 Å². The van der Waals surface area contributed by atoms with Gasteiger partial charge in [0.15, 0.2) is 0 Å². The summed E-state index contributed by atoms with van der Waals surface area (Å²) in [6.45, 7) is 2.57. The molecule has 1 fully saturated rings. The average molecular weight is 365 g/mol. The lowest BCUT2D eigenvalue weighted by molar-refractivity contribution is -0.0190. The summed E-state index contributed by atoms with van der Waals surface area (Å²) in [5.41, 5.74) is 1.97. The molecule has 142 valence electrons. The Morgan fingerprint density at radius 3 is 2.59 bits per heavy atom. The number of hydrogen-bond donors (Lipinski definition) is 2. The molecule has 0 aliphatic carbocycles. The van der Waals surface area contributed by atoms with Crippen LogP contribution in [0.25, 0.3) is 0 Å². The van der Waals surface area contributed by atoms with Crippen molar-refractivity contribution in [1.82, 2.24) is 15.5 Å². The molecule has 1 atom stereocenters. The van der Waals surface area contributed by atoms with Gasteiger partial charge >= 0.3 is 6.03 Å². The lowest BCUT2D eigenvalue weighted by Gasteiger charge is -2.46. The van der Waals surface area contributed by atoms with E-state index < -0.39 is 0 Å². The Hall–Kier alpha value is -2.53. The van der Waals surface area contributed by atoms with Crippen molar-refractivity contribution >= 4 is 6.03 Å². The highest BCUT2D eigenvalue weighted by atomic mass is 16.5. The Kier molecular flexibility index (Phi) is 5.03. The van der Waals surface area contributed by atoms with Crippen LogP contribution in [0.5, 0.6) is 5.75 Å². The zero-order chi connectivity index (χ0) is 18.7. The van der Waals surface area contributed by atoms with Crippen molar-refractivity contribution in [2.24, 2.45) is 0 Å². The number of amides is 2. The van der Waals surface area contributed by atoms with Crippen molar-refractivity contribution in [1.29, 1.82) is 0 Å². The summed E-state index contributed by atoms with van der Waals surface area (Å²) in [6.07, 6.45) is 2.79. The van der Waals surface area contributed by atoms with E-state index in [2.05, 4.69) is 28.6 Å². The molecule has 2 aromatic carbocycles. The van der Waals surface area contributed by atoms with E-state index in [4.69, 9.17) is 4.74 Å². The highest BCUT2D eigenvalue weighted by Crippen LogP contribution is 2.43. The van der Waals surface area contributed by atoms with Gasteiger partial charge in [-0.2, -0.15) is 0 Å². The van der Waals surface area contributed by atoms with Crippen LogP contribution < -0.4 is 15.4 Å². The minimum absolute atomic E-state index is 0.0332. The molecule has 0 radical (unpaired) electrons. The largest absolute Gasteiger partial charge is 0.487 e. The third kappa shape index (κ3) is 4.08. The summed E-state index contributed by atoms with van der Waals surface area (Å²) in [6, 6.07) is 17.9. The molecule has 27 heavy (non-hydrogen) atoms. The Morgan fingerprint density at radius 1 is 1.11 bits per heavy atom. The van der Waals surface area contributed by atoms with E-state index >= 15 is 0 Å². The lowest BCUT2D eigenvalue weighted by Crippen LogP contribution is -2.52. The average Bonchev–Trinajstić information content (AvgIpc) is 2.70. The number of hydrogen-bond acceptors (Lipinski definition) is 3. The molecule has 1 spiro atoms. The number of carbonyl (C=O) groups is 1. The number of rotatable bonds is 3. The van der Waals surface area contributed by atoms with Gasteiger partial charge < -0.3 is 20.3 Å². The predicted molar refractivity (Wildman–Crippen MR) is 106 cm³/mol. The van der Waals surface area contributed by atoms with Gasteiger partial charge in [0.1, 0.15) is 11.4 Å². The number of nitrogens with one attached hydrogen (secondary N) is 2. The molecule has 1 unspecified atom stereocenters. The number of likely N-dealkylation sites (tertiary alicyclic amines) is 1. The first-order valence-electron chi connectivity index (χ1n) is 9.68. The molecule has 2 aromatic rings. The molecule has 2 amide bonds. The molecule has 4 rings (SSSR count). The molecule has 2 aliphatic heterocycles. The van der Waals surface area contributed by atoms with Crippen LogP contribution in [-0.4, -0.2) is 36.7 Å². The van der Waals surface area contributed by atoms with Gasteiger partial charge in [0.2, 0.25) is 0 Å². The van der Waals surface area contributed by atoms with Crippen molar-refractivity contribution in [3.05, 3.63) is 65.7 Å². The second-order valence-electron chi connectivity index (χ2n) is 7.70. The maximum atomic E-state index is 12.5. The quantitative estimate of drug-likeness (QED) is 0.876. The number of benzene rings is 2. The third-order valence-corrected chi connectivity index (χ3v) is 5.70. The van der Waals surface area contributed by atoms with Crippen LogP contribution >= 0.6 is 0 Å². The maximum Gasteiger partial charge on any atom is 0.315 e. The minimum Gasteiger partial charge on any atom is -0.487 e. The summed E-state index contributed by atoms with van der Waals surface area (Å²) >= 11 is 0. The molecule has 0 bridgehead atoms. The van der Waals surface area contributed by atoms with Crippen LogP contribution in [-0.2, 0) is 6.54 Å². The Morgan fingerprint density at radius 2 is 1.81 bits per heavy atom. The first kappa shape index (κ1) is 17.9. The number of urea groups is 1. The molecule has 5 nitrogen and oxygen atoms in total. The Bertz CT molecular complexity index is 785. The van der Waals surface area contributed by atoms with Crippen LogP contribution in [0.15, 0.2) is 54.6 Å². The summed E-state index contributed by atoms with van der Waals surface area (Å²) in [4.78, 5) is 14.9. The van der Waals surface area contributed by atoms with E-state index in [1.54, 1.807) is 0 Å². The summed E-state index contributed by atoms with van der Waals surface area (Å²) < 4.78 is 6.45. The third-order valence-electron chi connectivity index (χ3n) is 5.70. The fraction of sp³-hybridized carbons (Fsp3) is 0.409. The number of carbonyl (C=O) groups excluding carboxylic acids is 1. The Labute approximate surface area is 160 Å². The molecule has 2 aliphatic rings. The van der Waals surface area contributed by atoms with Crippen LogP contribution in [0.1, 0.15) is 36.4 Å². The summed E-state index contributed by atoms with van der Waals surface area (Å²) in [5, 5.41) is 6.16. The lowest BCUT2D eigenvalue weighted by atomic mass is 9.80. The van der Waals surface area contributed by atoms with E-state index in [0.717, 1.165) is 49.2 Å². The van der Waals surface area contributed by atoms with Crippen LogP contribution in [0.4, 0.5) is 4.79 Å². The number of fused-ring (bicyclic) bond motifs is 1. The fourth-order valence-corrected chi connectivity index (χ4v) is 4.07. The van der Waals surface area contributed by atoms with Crippen molar-refractivity contribution in [3.8, 4) is 5.75 Å². The topological polar surface area (TPSA) is 53.6 Å². The molecule has 5 heteroatoms. The van der Waals surface area contributed by atoms with Crippen LogP contribution in [0.3, 0.4) is 0 Å². The molecule has 2 heterocycles. The molecule has 0 saturated carbocycles. The SMILES string of the molecule is CN1CCC2(CC1)CC(NC(=O)NCc1ccccc1)c1ccccc1O2. The zero-order valence-corrected chi connectivity index (χ0v) is 15.8. The Balaban J connectivity index is 1.46. The highest BCUT2D eigenvalue weighted by molar-refractivity contribution is 5.74. The predicted octanol–water partition coefficient (Wildman–Crippen LogP) is 3.47.